The van der Waals surface area contributed by atoms with Crippen molar-refractivity contribution in [2.24, 2.45) is 0 Å². The minimum Gasteiger partial charge on any atom is -0.368 e. The van der Waals surface area contributed by atoms with Crippen molar-refractivity contribution in [1.82, 2.24) is 4.90 Å². The van der Waals surface area contributed by atoms with Crippen molar-refractivity contribution in [1.29, 1.82) is 0 Å². The highest BCUT2D eigenvalue weighted by Gasteiger charge is 2.24. The largest absolute Gasteiger partial charge is 0.368 e. The minimum absolute atomic E-state index is 0.00248. The van der Waals surface area contributed by atoms with Crippen molar-refractivity contribution in [2.75, 3.05) is 31.1 Å². The quantitative estimate of drug-likeness (QED) is 0.619. The number of piperazine rings is 1. The first kappa shape index (κ1) is 17.2. The number of nitrogens with zero attached hydrogens (tertiary/aromatic N) is 3. The van der Waals surface area contributed by atoms with Crippen molar-refractivity contribution < 1.29 is 14.1 Å². The molecule has 1 saturated heterocycles. The molecule has 6 nitrogen and oxygen atoms in total. The maximum atomic E-state index is 13.0. The summed E-state index contributed by atoms with van der Waals surface area (Å²) in [4.78, 5) is 26.6. The fourth-order valence-electron chi connectivity index (χ4n) is 2.79. The molecule has 3 rings (SSSR count). The third kappa shape index (κ3) is 3.71. The molecule has 130 valence electrons. The summed E-state index contributed by atoms with van der Waals surface area (Å²) in [6.07, 6.45) is 0. The molecular weight excluding hydrogens is 349 g/mol. The summed E-state index contributed by atoms with van der Waals surface area (Å²) in [6, 6.07) is 10.3. The van der Waals surface area contributed by atoms with E-state index in [1.165, 1.54) is 30.3 Å². The van der Waals surface area contributed by atoms with Gasteiger partial charge >= 0.3 is 0 Å². The Labute approximate surface area is 148 Å². The van der Waals surface area contributed by atoms with Gasteiger partial charge in [0, 0.05) is 43.5 Å². The average Bonchev–Trinajstić information content (AvgIpc) is 2.62. The number of halogens is 2. The van der Waals surface area contributed by atoms with Gasteiger partial charge in [0.05, 0.1) is 4.92 Å². The van der Waals surface area contributed by atoms with Crippen LogP contribution in [0.15, 0.2) is 42.5 Å². The predicted molar refractivity (Wildman–Crippen MR) is 92.6 cm³/mol. The van der Waals surface area contributed by atoms with Crippen LogP contribution in [0.5, 0.6) is 0 Å². The molecule has 1 amide bonds. The molecule has 0 atom stereocenters. The van der Waals surface area contributed by atoms with Crippen molar-refractivity contribution in [3.05, 3.63) is 69.0 Å². The number of hydrogen-bond acceptors (Lipinski definition) is 4. The second-order valence-electron chi connectivity index (χ2n) is 5.68. The number of nitro groups is 1. The van der Waals surface area contributed by atoms with Gasteiger partial charge in [-0.05, 0) is 36.4 Å². The van der Waals surface area contributed by atoms with Crippen molar-refractivity contribution >= 4 is 28.9 Å². The Hall–Kier alpha value is -2.67. The molecule has 0 N–H and O–H groups in total. The fraction of sp³-hybridized carbons (Fsp3) is 0.235. The van der Waals surface area contributed by atoms with E-state index < -0.39 is 4.92 Å². The lowest BCUT2D eigenvalue weighted by molar-refractivity contribution is -0.384. The maximum absolute atomic E-state index is 13.0. The second kappa shape index (κ2) is 7.06. The van der Waals surface area contributed by atoms with E-state index in [-0.39, 0.29) is 28.0 Å². The molecule has 0 spiro atoms. The smallest absolute Gasteiger partial charge is 0.288 e. The monoisotopic (exact) mass is 363 g/mol. The number of anilines is 1. The van der Waals surface area contributed by atoms with Gasteiger partial charge in [-0.1, -0.05) is 11.6 Å². The van der Waals surface area contributed by atoms with Gasteiger partial charge in [-0.15, -0.1) is 0 Å². The average molecular weight is 364 g/mol. The standard InChI is InChI=1S/C17H15ClFN3O3/c18-15-6-1-12(11-16(15)22(24)25)17(23)21-9-7-20(8-10-21)14-4-2-13(19)3-5-14/h1-6,11H,7-10H2. The summed E-state index contributed by atoms with van der Waals surface area (Å²) in [5, 5.41) is 11.0. The number of hydrogen-bond donors (Lipinski definition) is 0. The summed E-state index contributed by atoms with van der Waals surface area (Å²) in [5.74, 6) is -0.555. The van der Waals surface area contributed by atoms with Gasteiger partial charge in [0.15, 0.2) is 0 Å². The fourth-order valence-corrected chi connectivity index (χ4v) is 2.97. The molecule has 8 heteroatoms. The molecule has 1 heterocycles. The molecule has 2 aromatic rings. The summed E-state index contributed by atoms with van der Waals surface area (Å²) in [5.41, 5.74) is 0.861. The Morgan fingerprint density at radius 3 is 2.32 bits per heavy atom. The van der Waals surface area contributed by atoms with E-state index in [1.54, 1.807) is 17.0 Å². The predicted octanol–water partition coefficient (Wildman–Crippen LogP) is 3.35. The highest BCUT2D eigenvalue weighted by molar-refractivity contribution is 6.32. The first-order chi connectivity index (χ1) is 12.0. The zero-order valence-corrected chi connectivity index (χ0v) is 13.9. The van der Waals surface area contributed by atoms with E-state index in [0.29, 0.717) is 26.2 Å². The van der Waals surface area contributed by atoms with Gasteiger partial charge in [0.2, 0.25) is 0 Å². The van der Waals surface area contributed by atoms with Gasteiger partial charge in [-0.25, -0.2) is 4.39 Å². The van der Waals surface area contributed by atoms with Crippen molar-refractivity contribution in [2.45, 2.75) is 0 Å². The van der Waals surface area contributed by atoms with Crippen LogP contribution < -0.4 is 4.90 Å². The lowest BCUT2D eigenvalue weighted by atomic mass is 10.1. The molecule has 0 radical (unpaired) electrons. The minimum atomic E-state index is -0.606. The number of carbonyl (C=O) groups excluding carboxylic acids is 1. The third-order valence-corrected chi connectivity index (χ3v) is 4.47. The van der Waals surface area contributed by atoms with Crippen LogP contribution in [-0.2, 0) is 0 Å². The summed E-state index contributed by atoms with van der Waals surface area (Å²) in [6.45, 7) is 2.17. The number of benzene rings is 2. The van der Waals surface area contributed by atoms with Crippen LogP contribution in [0.2, 0.25) is 5.02 Å². The van der Waals surface area contributed by atoms with Gasteiger partial charge in [0.1, 0.15) is 10.8 Å². The van der Waals surface area contributed by atoms with E-state index in [0.717, 1.165) is 5.69 Å². The van der Waals surface area contributed by atoms with Crippen LogP contribution in [0.4, 0.5) is 15.8 Å². The molecule has 1 aliphatic heterocycles. The van der Waals surface area contributed by atoms with Gasteiger partial charge in [0.25, 0.3) is 11.6 Å². The number of nitro benzene ring substituents is 1. The molecular formula is C17H15ClFN3O3. The van der Waals surface area contributed by atoms with E-state index >= 15 is 0 Å². The Kier molecular flexibility index (Phi) is 4.85. The summed E-state index contributed by atoms with van der Waals surface area (Å²) >= 11 is 5.78. The SMILES string of the molecule is O=C(c1ccc(Cl)c([N+](=O)[O-])c1)N1CCN(c2ccc(F)cc2)CC1. The zero-order chi connectivity index (χ0) is 18.0. The summed E-state index contributed by atoms with van der Waals surface area (Å²) in [7, 11) is 0. The van der Waals surface area contributed by atoms with Crippen LogP contribution in [0.1, 0.15) is 10.4 Å². The van der Waals surface area contributed by atoms with Gasteiger partial charge in [-0.3, -0.25) is 14.9 Å². The molecule has 0 saturated carbocycles. The number of rotatable bonds is 3. The van der Waals surface area contributed by atoms with Crippen molar-refractivity contribution in [3.8, 4) is 0 Å². The molecule has 0 unspecified atom stereocenters. The highest BCUT2D eigenvalue weighted by Crippen LogP contribution is 2.26. The molecule has 0 aliphatic carbocycles. The Morgan fingerprint density at radius 2 is 1.72 bits per heavy atom. The molecule has 0 bridgehead atoms. The Morgan fingerprint density at radius 1 is 1.08 bits per heavy atom. The first-order valence-corrected chi connectivity index (χ1v) is 8.07. The molecule has 0 aromatic heterocycles. The van der Waals surface area contributed by atoms with E-state index in [9.17, 15) is 19.3 Å². The Bertz CT molecular complexity index is 805. The molecule has 1 fully saturated rings. The van der Waals surface area contributed by atoms with E-state index in [4.69, 9.17) is 11.6 Å². The van der Waals surface area contributed by atoms with Crippen LogP contribution in [-0.4, -0.2) is 41.9 Å². The van der Waals surface area contributed by atoms with Crippen LogP contribution in [0.25, 0.3) is 0 Å². The Balaban J connectivity index is 1.68. The van der Waals surface area contributed by atoms with Gasteiger partial charge < -0.3 is 9.80 Å². The molecule has 1 aliphatic rings. The maximum Gasteiger partial charge on any atom is 0.288 e. The normalized spacial score (nSPS) is 14.5. The zero-order valence-electron chi connectivity index (χ0n) is 13.2. The van der Waals surface area contributed by atoms with Crippen molar-refractivity contribution in [3.63, 3.8) is 0 Å². The highest BCUT2D eigenvalue weighted by atomic mass is 35.5. The first-order valence-electron chi connectivity index (χ1n) is 7.69. The van der Waals surface area contributed by atoms with E-state index in [1.807, 2.05) is 0 Å². The number of amides is 1. The second-order valence-corrected chi connectivity index (χ2v) is 6.09. The molecule has 25 heavy (non-hydrogen) atoms. The number of carbonyl (C=O) groups is 1. The lowest BCUT2D eigenvalue weighted by Gasteiger charge is -2.36. The molecule has 2 aromatic carbocycles. The van der Waals surface area contributed by atoms with Crippen LogP contribution in [0, 0.1) is 15.9 Å². The third-order valence-electron chi connectivity index (χ3n) is 4.15. The van der Waals surface area contributed by atoms with E-state index in [2.05, 4.69) is 4.90 Å². The van der Waals surface area contributed by atoms with Crippen LogP contribution >= 0.6 is 11.6 Å². The summed E-state index contributed by atoms with van der Waals surface area (Å²) < 4.78 is 13.0. The van der Waals surface area contributed by atoms with Gasteiger partial charge in [-0.2, -0.15) is 0 Å². The van der Waals surface area contributed by atoms with Crippen LogP contribution in [0.3, 0.4) is 0 Å². The topological polar surface area (TPSA) is 66.7 Å². The lowest BCUT2D eigenvalue weighted by Crippen LogP contribution is -2.48.